The van der Waals surface area contributed by atoms with Gasteiger partial charge in [-0.2, -0.15) is 0 Å². The fraction of sp³-hybridized carbons (Fsp3) is 0.769. The Morgan fingerprint density at radius 3 is 2.53 bits per heavy atom. The molecule has 1 aliphatic carbocycles. The molecular formula is C13H22N2OS. The van der Waals surface area contributed by atoms with Crippen molar-refractivity contribution in [3.63, 3.8) is 0 Å². The molecule has 0 aliphatic heterocycles. The van der Waals surface area contributed by atoms with E-state index in [-0.39, 0.29) is 11.1 Å². The van der Waals surface area contributed by atoms with Gasteiger partial charge in [-0.25, -0.2) is 4.98 Å². The van der Waals surface area contributed by atoms with Crippen molar-refractivity contribution >= 4 is 11.3 Å². The number of aromatic nitrogens is 1. The van der Waals surface area contributed by atoms with Crippen molar-refractivity contribution in [1.29, 1.82) is 0 Å². The molecule has 0 atom stereocenters. The monoisotopic (exact) mass is 254 g/mol. The van der Waals surface area contributed by atoms with Gasteiger partial charge in [0.15, 0.2) is 0 Å². The van der Waals surface area contributed by atoms with Gasteiger partial charge in [0.05, 0.1) is 11.2 Å². The zero-order valence-electron chi connectivity index (χ0n) is 11.0. The van der Waals surface area contributed by atoms with E-state index in [2.05, 4.69) is 19.2 Å². The van der Waals surface area contributed by atoms with Crippen molar-refractivity contribution in [3.8, 4) is 0 Å². The smallest absolute Gasteiger partial charge is 0.125 e. The summed E-state index contributed by atoms with van der Waals surface area (Å²) >= 11 is 1.70. The van der Waals surface area contributed by atoms with Crippen LogP contribution in [0.1, 0.15) is 57.2 Å². The number of rotatable bonds is 6. The molecule has 0 radical (unpaired) electrons. The highest BCUT2D eigenvalue weighted by Crippen LogP contribution is 2.44. The second kappa shape index (κ2) is 4.67. The third-order valence-electron chi connectivity index (χ3n) is 3.76. The molecule has 2 N–H and O–H groups in total. The highest BCUT2D eigenvalue weighted by atomic mass is 32.1. The van der Waals surface area contributed by atoms with Gasteiger partial charge in [0.25, 0.3) is 0 Å². The minimum absolute atomic E-state index is 0.131. The zero-order valence-corrected chi connectivity index (χ0v) is 11.8. The van der Waals surface area contributed by atoms with Crippen LogP contribution in [-0.4, -0.2) is 11.6 Å². The molecule has 1 fully saturated rings. The van der Waals surface area contributed by atoms with E-state index < -0.39 is 0 Å². The van der Waals surface area contributed by atoms with Crippen molar-refractivity contribution in [1.82, 2.24) is 4.98 Å². The third-order valence-corrected chi connectivity index (χ3v) is 4.78. The molecule has 0 saturated heterocycles. The zero-order chi connectivity index (χ0) is 12.5. The Bertz CT molecular complexity index is 381. The standard InChI is InChI=1S/C13H22N2OS/c1-4-13(5-2,16-6-3)11-15-10(9-17-11)12(14)7-8-12/h9H,4-8,14H2,1-3H3. The maximum Gasteiger partial charge on any atom is 0.125 e. The van der Waals surface area contributed by atoms with Crippen molar-refractivity contribution in [2.75, 3.05) is 6.61 Å². The SMILES string of the molecule is CCOC(CC)(CC)c1nc(C2(N)CC2)cs1. The summed E-state index contributed by atoms with van der Waals surface area (Å²) in [4.78, 5) is 4.75. The topological polar surface area (TPSA) is 48.1 Å². The summed E-state index contributed by atoms with van der Waals surface area (Å²) < 4.78 is 5.97. The van der Waals surface area contributed by atoms with Gasteiger partial charge in [0.1, 0.15) is 10.6 Å². The van der Waals surface area contributed by atoms with Gasteiger partial charge in [-0.3, -0.25) is 0 Å². The van der Waals surface area contributed by atoms with Gasteiger partial charge in [0, 0.05) is 12.0 Å². The van der Waals surface area contributed by atoms with Crippen LogP contribution in [0.5, 0.6) is 0 Å². The van der Waals surface area contributed by atoms with Crippen molar-refractivity contribution in [3.05, 3.63) is 16.1 Å². The highest BCUT2D eigenvalue weighted by Gasteiger charge is 2.43. The van der Waals surface area contributed by atoms with Crippen LogP contribution in [0.25, 0.3) is 0 Å². The predicted octanol–water partition coefficient (Wildman–Crippen LogP) is 3.14. The maximum absolute atomic E-state index is 6.18. The second-order valence-electron chi connectivity index (χ2n) is 4.83. The number of nitrogens with two attached hydrogens (primary N) is 1. The summed E-state index contributed by atoms with van der Waals surface area (Å²) in [5.74, 6) is 0. The first-order valence-electron chi connectivity index (χ1n) is 6.49. The number of hydrogen-bond donors (Lipinski definition) is 1. The summed E-state index contributed by atoms with van der Waals surface area (Å²) in [5.41, 5.74) is 6.91. The Morgan fingerprint density at radius 2 is 2.06 bits per heavy atom. The third kappa shape index (κ3) is 2.26. The van der Waals surface area contributed by atoms with E-state index in [1.54, 1.807) is 11.3 Å². The molecule has 2 rings (SSSR count). The molecule has 3 nitrogen and oxygen atoms in total. The number of hydrogen-bond acceptors (Lipinski definition) is 4. The molecule has 0 bridgehead atoms. The molecule has 1 heterocycles. The van der Waals surface area contributed by atoms with Crippen molar-refractivity contribution in [2.24, 2.45) is 5.73 Å². The lowest BCUT2D eigenvalue weighted by molar-refractivity contribution is -0.0507. The van der Waals surface area contributed by atoms with Gasteiger partial charge in [-0.05, 0) is 32.6 Å². The van der Waals surface area contributed by atoms with E-state index in [0.29, 0.717) is 0 Å². The van der Waals surface area contributed by atoms with Crippen LogP contribution >= 0.6 is 11.3 Å². The van der Waals surface area contributed by atoms with E-state index in [9.17, 15) is 0 Å². The fourth-order valence-corrected chi connectivity index (χ4v) is 3.42. The first kappa shape index (κ1) is 13.0. The molecule has 0 aromatic carbocycles. The Hall–Kier alpha value is -0.450. The highest BCUT2D eigenvalue weighted by molar-refractivity contribution is 7.09. The maximum atomic E-state index is 6.18. The van der Waals surface area contributed by atoms with Crippen LogP contribution in [0, 0.1) is 0 Å². The van der Waals surface area contributed by atoms with Gasteiger partial charge >= 0.3 is 0 Å². The first-order chi connectivity index (χ1) is 8.10. The van der Waals surface area contributed by atoms with E-state index >= 15 is 0 Å². The quantitative estimate of drug-likeness (QED) is 0.848. The lowest BCUT2D eigenvalue weighted by Gasteiger charge is -2.29. The Kier molecular flexibility index (Phi) is 3.57. The summed E-state index contributed by atoms with van der Waals surface area (Å²) in [6, 6.07) is 0. The number of thiazole rings is 1. The molecule has 1 aliphatic rings. The second-order valence-corrected chi connectivity index (χ2v) is 5.69. The Labute approximate surface area is 107 Å². The van der Waals surface area contributed by atoms with E-state index in [1.807, 2.05) is 6.92 Å². The van der Waals surface area contributed by atoms with Crippen LogP contribution < -0.4 is 5.73 Å². The van der Waals surface area contributed by atoms with Crippen LogP contribution in [0.3, 0.4) is 0 Å². The molecule has 1 aromatic heterocycles. The van der Waals surface area contributed by atoms with E-state index in [4.69, 9.17) is 15.5 Å². The fourth-order valence-electron chi connectivity index (χ4n) is 2.20. The molecule has 96 valence electrons. The predicted molar refractivity (Wildman–Crippen MR) is 71.1 cm³/mol. The Morgan fingerprint density at radius 1 is 1.41 bits per heavy atom. The molecule has 1 aromatic rings. The number of nitrogens with zero attached hydrogens (tertiary/aromatic N) is 1. The summed E-state index contributed by atoms with van der Waals surface area (Å²) in [5, 5.41) is 3.21. The van der Waals surface area contributed by atoms with Gasteiger partial charge in [-0.15, -0.1) is 11.3 Å². The molecule has 17 heavy (non-hydrogen) atoms. The summed E-state index contributed by atoms with van der Waals surface area (Å²) in [6.45, 7) is 7.09. The molecule has 1 saturated carbocycles. The molecule has 0 spiro atoms. The minimum Gasteiger partial charge on any atom is -0.368 e. The number of ether oxygens (including phenoxy) is 1. The van der Waals surface area contributed by atoms with Crippen LogP contribution in [-0.2, 0) is 15.9 Å². The van der Waals surface area contributed by atoms with E-state index in [0.717, 1.165) is 43.0 Å². The van der Waals surface area contributed by atoms with Gasteiger partial charge in [-0.1, -0.05) is 13.8 Å². The molecular weight excluding hydrogens is 232 g/mol. The van der Waals surface area contributed by atoms with Crippen molar-refractivity contribution in [2.45, 2.75) is 57.6 Å². The normalized spacial score (nSPS) is 18.4. The van der Waals surface area contributed by atoms with Crippen LogP contribution in [0.4, 0.5) is 0 Å². The average molecular weight is 254 g/mol. The van der Waals surface area contributed by atoms with Crippen LogP contribution in [0.15, 0.2) is 5.38 Å². The van der Waals surface area contributed by atoms with Gasteiger partial charge in [0.2, 0.25) is 0 Å². The average Bonchev–Trinajstić information content (AvgIpc) is 2.91. The molecule has 4 heteroatoms. The van der Waals surface area contributed by atoms with Crippen LogP contribution in [0.2, 0.25) is 0 Å². The molecule has 0 unspecified atom stereocenters. The molecule has 0 amide bonds. The lowest BCUT2D eigenvalue weighted by atomic mass is 9.98. The van der Waals surface area contributed by atoms with E-state index in [1.165, 1.54) is 0 Å². The minimum atomic E-state index is -0.205. The lowest BCUT2D eigenvalue weighted by Crippen LogP contribution is -2.29. The van der Waals surface area contributed by atoms with Gasteiger partial charge < -0.3 is 10.5 Å². The largest absolute Gasteiger partial charge is 0.368 e. The Balaban J connectivity index is 2.27. The summed E-state index contributed by atoms with van der Waals surface area (Å²) in [6.07, 6.45) is 4.05. The van der Waals surface area contributed by atoms with Crippen molar-refractivity contribution < 1.29 is 4.74 Å². The first-order valence-corrected chi connectivity index (χ1v) is 7.37. The summed E-state index contributed by atoms with van der Waals surface area (Å²) in [7, 11) is 0.